The topological polar surface area (TPSA) is 61.6 Å². The summed E-state index contributed by atoms with van der Waals surface area (Å²) in [7, 11) is 5.98. The van der Waals surface area contributed by atoms with Crippen LogP contribution in [0.1, 0.15) is 6.92 Å². The number of nitrogens with two attached hydrogens (primary N) is 1. The molecular weight excluding hydrogens is 240 g/mol. The summed E-state index contributed by atoms with van der Waals surface area (Å²) < 4.78 is 0. The van der Waals surface area contributed by atoms with Gasteiger partial charge in [-0.1, -0.05) is 12.1 Å². The third-order valence-corrected chi connectivity index (χ3v) is 3.16. The minimum Gasteiger partial charge on any atom is -0.397 e. The summed E-state index contributed by atoms with van der Waals surface area (Å²) in [6.07, 6.45) is 0. The molecule has 19 heavy (non-hydrogen) atoms. The highest BCUT2D eigenvalue weighted by Crippen LogP contribution is 2.17. The number of hydrogen-bond donors (Lipinski definition) is 2. The van der Waals surface area contributed by atoms with Crippen LogP contribution in [0, 0.1) is 0 Å². The van der Waals surface area contributed by atoms with Gasteiger partial charge in [-0.2, -0.15) is 0 Å². The zero-order valence-electron chi connectivity index (χ0n) is 12.2. The van der Waals surface area contributed by atoms with Gasteiger partial charge in [0, 0.05) is 13.1 Å². The molecule has 1 amide bonds. The lowest BCUT2D eigenvalue weighted by molar-refractivity contribution is -0.120. The van der Waals surface area contributed by atoms with Gasteiger partial charge in [-0.15, -0.1) is 0 Å². The predicted molar refractivity (Wildman–Crippen MR) is 80.1 cm³/mol. The van der Waals surface area contributed by atoms with Crippen LogP contribution in [0.4, 0.5) is 11.4 Å². The van der Waals surface area contributed by atoms with E-state index in [1.54, 1.807) is 12.1 Å². The van der Waals surface area contributed by atoms with Crippen molar-refractivity contribution in [1.29, 1.82) is 0 Å². The second-order valence-corrected chi connectivity index (χ2v) is 5.04. The second kappa shape index (κ2) is 7.11. The summed E-state index contributed by atoms with van der Waals surface area (Å²) in [6, 6.07) is 7.08. The lowest BCUT2D eigenvalue weighted by Gasteiger charge is -2.25. The summed E-state index contributed by atoms with van der Waals surface area (Å²) in [5.74, 6) is -0.0424. The van der Waals surface area contributed by atoms with Crippen LogP contribution in [0.25, 0.3) is 0 Å². The van der Waals surface area contributed by atoms with E-state index in [-0.39, 0.29) is 11.9 Å². The lowest BCUT2D eigenvalue weighted by atomic mass is 10.2. The van der Waals surface area contributed by atoms with E-state index in [0.717, 1.165) is 13.1 Å². The molecule has 106 valence electrons. The zero-order valence-corrected chi connectivity index (χ0v) is 12.2. The minimum atomic E-state index is -0.195. The highest BCUT2D eigenvalue weighted by molar-refractivity contribution is 5.96. The number of para-hydroxylation sites is 2. The van der Waals surface area contributed by atoms with Gasteiger partial charge >= 0.3 is 0 Å². The quantitative estimate of drug-likeness (QED) is 0.755. The first-order chi connectivity index (χ1) is 8.91. The highest BCUT2D eigenvalue weighted by Gasteiger charge is 2.18. The van der Waals surface area contributed by atoms with Crippen molar-refractivity contribution in [3.05, 3.63) is 24.3 Å². The molecule has 1 aromatic rings. The van der Waals surface area contributed by atoms with Gasteiger partial charge in [0.05, 0.1) is 17.4 Å². The fourth-order valence-corrected chi connectivity index (χ4v) is 1.60. The van der Waals surface area contributed by atoms with Crippen LogP contribution in [0.5, 0.6) is 0 Å². The molecule has 0 aliphatic carbocycles. The number of benzene rings is 1. The Kier molecular flexibility index (Phi) is 5.79. The minimum absolute atomic E-state index is 0.0424. The van der Waals surface area contributed by atoms with Crippen molar-refractivity contribution in [1.82, 2.24) is 9.80 Å². The summed E-state index contributed by atoms with van der Waals surface area (Å²) >= 11 is 0. The summed E-state index contributed by atoms with van der Waals surface area (Å²) in [6.45, 7) is 3.65. The standard InChI is InChI=1S/C14H24N4O/c1-11(18(4)10-9-17(2)3)14(19)16-13-8-6-5-7-12(13)15/h5-8,11H,9-10,15H2,1-4H3,(H,16,19). The SMILES string of the molecule is CC(C(=O)Nc1ccccc1N)N(C)CCN(C)C. The van der Waals surface area contributed by atoms with Crippen molar-refractivity contribution in [3.8, 4) is 0 Å². The van der Waals surface area contributed by atoms with Gasteiger partial charge in [-0.05, 0) is 40.2 Å². The molecule has 0 aliphatic heterocycles. The molecule has 0 fully saturated rings. The summed E-state index contributed by atoms with van der Waals surface area (Å²) in [4.78, 5) is 16.2. The van der Waals surface area contributed by atoms with Crippen LogP contribution < -0.4 is 11.1 Å². The van der Waals surface area contributed by atoms with E-state index < -0.39 is 0 Å². The van der Waals surface area contributed by atoms with E-state index in [1.165, 1.54) is 0 Å². The van der Waals surface area contributed by atoms with Crippen LogP contribution in [0.3, 0.4) is 0 Å². The Labute approximate surface area is 115 Å². The Balaban J connectivity index is 2.55. The first kappa shape index (κ1) is 15.5. The largest absolute Gasteiger partial charge is 0.397 e. The molecule has 5 nitrogen and oxygen atoms in total. The number of carbonyl (C=O) groups excluding carboxylic acids is 1. The van der Waals surface area contributed by atoms with Crippen molar-refractivity contribution < 1.29 is 4.79 Å². The van der Waals surface area contributed by atoms with E-state index in [4.69, 9.17) is 5.73 Å². The summed E-state index contributed by atoms with van der Waals surface area (Å²) in [5.41, 5.74) is 7.06. The van der Waals surface area contributed by atoms with E-state index in [1.807, 2.05) is 45.1 Å². The molecule has 0 heterocycles. The molecule has 5 heteroatoms. The van der Waals surface area contributed by atoms with Gasteiger partial charge < -0.3 is 16.0 Å². The number of nitrogen functional groups attached to an aromatic ring is 1. The first-order valence-corrected chi connectivity index (χ1v) is 6.42. The van der Waals surface area contributed by atoms with Crippen molar-refractivity contribution >= 4 is 17.3 Å². The molecule has 1 unspecified atom stereocenters. The molecule has 0 aliphatic rings. The average Bonchev–Trinajstić information content (AvgIpc) is 2.37. The number of amides is 1. The molecule has 0 saturated carbocycles. The highest BCUT2D eigenvalue weighted by atomic mass is 16.2. The number of nitrogens with one attached hydrogen (secondary N) is 1. The van der Waals surface area contributed by atoms with Crippen LogP contribution >= 0.6 is 0 Å². The fraction of sp³-hybridized carbons (Fsp3) is 0.500. The third-order valence-electron chi connectivity index (χ3n) is 3.16. The van der Waals surface area contributed by atoms with Crippen LogP contribution in [0.2, 0.25) is 0 Å². The number of likely N-dealkylation sites (N-methyl/N-ethyl adjacent to an activating group) is 2. The Hall–Kier alpha value is -1.59. The van der Waals surface area contributed by atoms with Gasteiger partial charge in [0.1, 0.15) is 0 Å². The molecule has 0 spiro atoms. The molecule has 0 aromatic heterocycles. The molecule has 1 aromatic carbocycles. The third kappa shape index (κ3) is 4.89. The number of hydrogen-bond acceptors (Lipinski definition) is 4. The number of anilines is 2. The maximum Gasteiger partial charge on any atom is 0.241 e. The van der Waals surface area contributed by atoms with Crippen molar-refractivity contribution in [2.24, 2.45) is 0 Å². The van der Waals surface area contributed by atoms with E-state index >= 15 is 0 Å². The Morgan fingerprint density at radius 3 is 2.47 bits per heavy atom. The van der Waals surface area contributed by atoms with E-state index in [2.05, 4.69) is 10.2 Å². The lowest BCUT2D eigenvalue weighted by Crippen LogP contribution is -2.42. The Morgan fingerprint density at radius 1 is 1.26 bits per heavy atom. The molecule has 3 N–H and O–H groups in total. The number of rotatable bonds is 6. The molecule has 0 radical (unpaired) electrons. The predicted octanol–water partition coefficient (Wildman–Crippen LogP) is 1.09. The van der Waals surface area contributed by atoms with Crippen molar-refractivity contribution in [2.75, 3.05) is 45.3 Å². The number of carbonyl (C=O) groups is 1. The maximum atomic E-state index is 12.1. The van der Waals surface area contributed by atoms with Gasteiger partial charge in [0.15, 0.2) is 0 Å². The van der Waals surface area contributed by atoms with E-state index in [0.29, 0.717) is 11.4 Å². The van der Waals surface area contributed by atoms with Gasteiger partial charge in [-0.3, -0.25) is 9.69 Å². The maximum absolute atomic E-state index is 12.1. The fourth-order valence-electron chi connectivity index (χ4n) is 1.60. The zero-order chi connectivity index (χ0) is 14.4. The molecule has 1 atom stereocenters. The van der Waals surface area contributed by atoms with Crippen molar-refractivity contribution in [2.45, 2.75) is 13.0 Å². The average molecular weight is 264 g/mol. The first-order valence-electron chi connectivity index (χ1n) is 6.42. The molecule has 0 bridgehead atoms. The van der Waals surface area contributed by atoms with E-state index in [9.17, 15) is 4.79 Å². The van der Waals surface area contributed by atoms with Crippen molar-refractivity contribution in [3.63, 3.8) is 0 Å². The summed E-state index contributed by atoms with van der Waals surface area (Å²) in [5, 5.41) is 2.86. The van der Waals surface area contributed by atoms with Crippen LogP contribution in [0.15, 0.2) is 24.3 Å². The second-order valence-electron chi connectivity index (χ2n) is 5.04. The van der Waals surface area contributed by atoms with Crippen LogP contribution in [-0.4, -0.2) is 56.0 Å². The molecule has 0 saturated heterocycles. The number of nitrogens with zero attached hydrogens (tertiary/aromatic N) is 2. The van der Waals surface area contributed by atoms with Gasteiger partial charge in [0.25, 0.3) is 0 Å². The molecular formula is C14H24N4O. The Morgan fingerprint density at radius 2 is 1.89 bits per heavy atom. The molecule has 1 rings (SSSR count). The Bertz CT molecular complexity index is 420. The van der Waals surface area contributed by atoms with Crippen LogP contribution in [-0.2, 0) is 4.79 Å². The normalized spacial score (nSPS) is 12.7. The monoisotopic (exact) mass is 264 g/mol. The van der Waals surface area contributed by atoms with Gasteiger partial charge in [0.2, 0.25) is 5.91 Å². The van der Waals surface area contributed by atoms with Gasteiger partial charge in [-0.25, -0.2) is 0 Å². The smallest absolute Gasteiger partial charge is 0.241 e.